The van der Waals surface area contributed by atoms with Crippen LogP contribution in [0, 0.1) is 5.92 Å². The average Bonchev–Trinajstić information content (AvgIpc) is 3.00. The second kappa shape index (κ2) is 5.40. The van der Waals surface area contributed by atoms with Gasteiger partial charge in [0.2, 0.25) is 5.89 Å². The maximum absolute atomic E-state index is 5.38. The SMILES string of the molecule is C1CSCC(Cc2noc(C3CCNC3)n2)C1. The monoisotopic (exact) mass is 253 g/mol. The van der Waals surface area contributed by atoms with Crippen LogP contribution in [-0.4, -0.2) is 34.7 Å². The fourth-order valence-electron chi connectivity index (χ4n) is 2.61. The molecule has 2 aliphatic heterocycles. The maximum Gasteiger partial charge on any atom is 0.231 e. The number of aromatic nitrogens is 2. The van der Waals surface area contributed by atoms with Crippen LogP contribution in [0.1, 0.15) is 36.9 Å². The minimum absolute atomic E-state index is 0.442. The van der Waals surface area contributed by atoms with Crippen LogP contribution in [-0.2, 0) is 6.42 Å². The topological polar surface area (TPSA) is 51.0 Å². The summed E-state index contributed by atoms with van der Waals surface area (Å²) in [5.41, 5.74) is 0. The standard InChI is InChI=1S/C12H19N3OS/c1-2-9(8-17-5-1)6-11-14-12(16-15-11)10-3-4-13-7-10/h9-10,13H,1-8H2. The van der Waals surface area contributed by atoms with Gasteiger partial charge >= 0.3 is 0 Å². The van der Waals surface area contributed by atoms with Crippen LogP contribution in [0.25, 0.3) is 0 Å². The van der Waals surface area contributed by atoms with Gasteiger partial charge in [0.05, 0.1) is 5.92 Å². The molecule has 0 spiro atoms. The molecule has 0 bridgehead atoms. The molecular weight excluding hydrogens is 234 g/mol. The Morgan fingerprint density at radius 3 is 3.18 bits per heavy atom. The first-order valence-electron chi connectivity index (χ1n) is 6.53. The molecule has 2 unspecified atom stereocenters. The molecule has 2 fully saturated rings. The number of thioether (sulfide) groups is 1. The Balaban J connectivity index is 1.59. The van der Waals surface area contributed by atoms with Crippen LogP contribution in [0.4, 0.5) is 0 Å². The van der Waals surface area contributed by atoms with E-state index in [1.54, 1.807) is 0 Å². The Kier molecular flexibility index (Phi) is 3.66. The van der Waals surface area contributed by atoms with Crippen LogP contribution in [0.5, 0.6) is 0 Å². The molecule has 1 aromatic heterocycles. The first-order chi connectivity index (χ1) is 8.42. The largest absolute Gasteiger partial charge is 0.339 e. The minimum Gasteiger partial charge on any atom is -0.339 e. The Bertz CT molecular complexity index is 356. The van der Waals surface area contributed by atoms with Crippen molar-refractivity contribution in [3.8, 4) is 0 Å². The van der Waals surface area contributed by atoms with Crippen LogP contribution >= 0.6 is 11.8 Å². The highest BCUT2D eigenvalue weighted by molar-refractivity contribution is 7.99. The van der Waals surface area contributed by atoms with E-state index in [2.05, 4.69) is 27.2 Å². The van der Waals surface area contributed by atoms with Crippen molar-refractivity contribution in [3.05, 3.63) is 11.7 Å². The van der Waals surface area contributed by atoms with Gasteiger partial charge in [0.1, 0.15) is 0 Å². The zero-order valence-electron chi connectivity index (χ0n) is 10.0. The van der Waals surface area contributed by atoms with Crippen molar-refractivity contribution in [2.75, 3.05) is 24.6 Å². The van der Waals surface area contributed by atoms with Gasteiger partial charge in [0, 0.05) is 13.0 Å². The lowest BCUT2D eigenvalue weighted by molar-refractivity contribution is 0.352. The van der Waals surface area contributed by atoms with E-state index in [1.807, 2.05) is 0 Å². The van der Waals surface area contributed by atoms with Gasteiger partial charge in [-0.2, -0.15) is 16.7 Å². The van der Waals surface area contributed by atoms with E-state index < -0.39 is 0 Å². The molecular formula is C12H19N3OS. The molecule has 2 saturated heterocycles. The number of nitrogens with one attached hydrogen (secondary N) is 1. The maximum atomic E-state index is 5.38. The van der Waals surface area contributed by atoms with Gasteiger partial charge in [-0.25, -0.2) is 0 Å². The van der Waals surface area contributed by atoms with Gasteiger partial charge in [-0.05, 0) is 43.2 Å². The number of rotatable bonds is 3. The molecule has 3 heterocycles. The molecule has 0 aromatic carbocycles. The molecule has 2 atom stereocenters. The van der Waals surface area contributed by atoms with Gasteiger partial charge in [-0.15, -0.1) is 0 Å². The summed E-state index contributed by atoms with van der Waals surface area (Å²) in [6.07, 6.45) is 4.78. The van der Waals surface area contributed by atoms with E-state index in [1.165, 1.54) is 24.3 Å². The highest BCUT2D eigenvalue weighted by Gasteiger charge is 2.24. The summed E-state index contributed by atoms with van der Waals surface area (Å²) in [4.78, 5) is 4.56. The number of hydrogen-bond donors (Lipinski definition) is 1. The zero-order chi connectivity index (χ0) is 11.5. The lowest BCUT2D eigenvalue weighted by Crippen LogP contribution is -2.14. The summed E-state index contributed by atoms with van der Waals surface area (Å²) in [5, 5.41) is 7.46. The minimum atomic E-state index is 0.442. The van der Waals surface area contributed by atoms with Crippen molar-refractivity contribution in [1.82, 2.24) is 15.5 Å². The molecule has 3 rings (SSSR count). The van der Waals surface area contributed by atoms with Crippen molar-refractivity contribution in [2.45, 2.75) is 31.6 Å². The molecule has 94 valence electrons. The molecule has 1 N–H and O–H groups in total. The van der Waals surface area contributed by atoms with Crippen LogP contribution in [0.15, 0.2) is 4.52 Å². The predicted octanol–water partition coefficient (Wildman–Crippen LogP) is 1.83. The third kappa shape index (κ3) is 2.83. The highest BCUT2D eigenvalue weighted by Crippen LogP contribution is 2.26. The Labute approximate surface area is 106 Å². The van der Waals surface area contributed by atoms with Gasteiger partial charge in [0.15, 0.2) is 5.82 Å². The van der Waals surface area contributed by atoms with E-state index in [9.17, 15) is 0 Å². The Hall–Kier alpha value is -0.550. The van der Waals surface area contributed by atoms with Gasteiger partial charge in [-0.3, -0.25) is 0 Å². The molecule has 4 nitrogen and oxygen atoms in total. The summed E-state index contributed by atoms with van der Waals surface area (Å²) in [6, 6.07) is 0. The fourth-order valence-corrected chi connectivity index (χ4v) is 3.76. The molecule has 1 aromatic rings. The normalized spacial score (nSPS) is 29.6. The molecule has 0 radical (unpaired) electrons. The van der Waals surface area contributed by atoms with E-state index >= 15 is 0 Å². The van der Waals surface area contributed by atoms with Crippen molar-refractivity contribution < 1.29 is 4.52 Å². The van der Waals surface area contributed by atoms with Crippen LogP contribution in [0.2, 0.25) is 0 Å². The third-order valence-corrected chi connectivity index (χ3v) is 4.90. The predicted molar refractivity (Wildman–Crippen MR) is 68.3 cm³/mol. The second-order valence-corrected chi connectivity index (χ2v) is 6.18. The molecule has 0 amide bonds. The van der Waals surface area contributed by atoms with Crippen molar-refractivity contribution in [3.63, 3.8) is 0 Å². The first-order valence-corrected chi connectivity index (χ1v) is 7.68. The van der Waals surface area contributed by atoms with Gasteiger partial charge in [0.25, 0.3) is 0 Å². The van der Waals surface area contributed by atoms with Gasteiger partial charge in [-0.1, -0.05) is 5.16 Å². The molecule has 17 heavy (non-hydrogen) atoms. The lowest BCUT2D eigenvalue weighted by atomic mass is 10.0. The van der Waals surface area contributed by atoms with E-state index in [0.717, 1.165) is 43.6 Å². The van der Waals surface area contributed by atoms with E-state index in [-0.39, 0.29) is 0 Å². The van der Waals surface area contributed by atoms with Crippen LogP contribution < -0.4 is 5.32 Å². The smallest absolute Gasteiger partial charge is 0.231 e. The van der Waals surface area contributed by atoms with Gasteiger partial charge < -0.3 is 9.84 Å². The second-order valence-electron chi connectivity index (χ2n) is 5.03. The Morgan fingerprint density at radius 1 is 1.41 bits per heavy atom. The summed E-state index contributed by atoms with van der Waals surface area (Å²) in [7, 11) is 0. The summed E-state index contributed by atoms with van der Waals surface area (Å²) >= 11 is 2.06. The third-order valence-electron chi connectivity index (χ3n) is 3.62. The lowest BCUT2D eigenvalue weighted by Gasteiger charge is -2.19. The summed E-state index contributed by atoms with van der Waals surface area (Å²) in [5.74, 6) is 5.53. The van der Waals surface area contributed by atoms with Crippen molar-refractivity contribution in [2.24, 2.45) is 5.92 Å². The number of hydrogen-bond acceptors (Lipinski definition) is 5. The van der Waals surface area contributed by atoms with Crippen molar-refractivity contribution in [1.29, 1.82) is 0 Å². The highest BCUT2D eigenvalue weighted by atomic mass is 32.2. The summed E-state index contributed by atoms with van der Waals surface area (Å²) in [6.45, 7) is 2.06. The average molecular weight is 253 g/mol. The zero-order valence-corrected chi connectivity index (χ0v) is 10.8. The van der Waals surface area contributed by atoms with Crippen molar-refractivity contribution >= 4 is 11.8 Å². The Morgan fingerprint density at radius 2 is 2.41 bits per heavy atom. The molecule has 0 saturated carbocycles. The summed E-state index contributed by atoms with van der Waals surface area (Å²) < 4.78 is 5.38. The van der Waals surface area contributed by atoms with E-state index in [4.69, 9.17) is 4.52 Å². The molecule has 2 aliphatic rings. The number of nitrogens with zero attached hydrogens (tertiary/aromatic N) is 2. The van der Waals surface area contributed by atoms with Crippen LogP contribution in [0.3, 0.4) is 0 Å². The molecule has 5 heteroatoms. The van der Waals surface area contributed by atoms with E-state index in [0.29, 0.717) is 5.92 Å². The quantitative estimate of drug-likeness (QED) is 0.890. The molecule has 0 aliphatic carbocycles. The fraction of sp³-hybridized carbons (Fsp3) is 0.833. The first kappa shape index (κ1) is 11.5.